The van der Waals surface area contributed by atoms with Crippen molar-refractivity contribution in [3.05, 3.63) is 42.2 Å². The first kappa shape index (κ1) is 15.8. The smallest absolute Gasteiger partial charge is 0.251 e. The van der Waals surface area contributed by atoms with Gasteiger partial charge in [-0.05, 0) is 24.5 Å². The van der Waals surface area contributed by atoms with Crippen LogP contribution in [-0.2, 0) is 4.79 Å². The predicted molar refractivity (Wildman–Crippen MR) is 83.9 cm³/mol. The van der Waals surface area contributed by atoms with Crippen LogP contribution in [-0.4, -0.2) is 27.8 Å². The van der Waals surface area contributed by atoms with Crippen LogP contribution in [0.4, 0.5) is 0 Å². The molecule has 0 unspecified atom stereocenters. The van der Waals surface area contributed by atoms with E-state index in [9.17, 15) is 9.59 Å². The molecule has 0 fully saturated rings. The van der Waals surface area contributed by atoms with E-state index < -0.39 is 11.9 Å². The highest BCUT2D eigenvalue weighted by molar-refractivity contribution is 5.98. The third-order valence-corrected chi connectivity index (χ3v) is 3.25. The predicted octanol–water partition coefficient (Wildman–Crippen LogP) is 1.71. The Hall–Kier alpha value is -2.63. The molecule has 1 atom stereocenters. The minimum atomic E-state index is -0.667. The molecular weight excluding hydrogens is 280 g/mol. The van der Waals surface area contributed by atoms with Crippen molar-refractivity contribution in [2.75, 3.05) is 0 Å². The summed E-state index contributed by atoms with van der Waals surface area (Å²) in [5, 5.41) is 2.69. The first-order valence-electron chi connectivity index (χ1n) is 7.17. The highest BCUT2D eigenvalue weighted by Gasteiger charge is 2.20. The number of amides is 2. The van der Waals surface area contributed by atoms with Crippen LogP contribution in [0.15, 0.2) is 36.7 Å². The van der Waals surface area contributed by atoms with Gasteiger partial charge in [0.2, 0.25) is 5.91 Å². The average molecular weight is 300 g/mol. The van der Waals surface area contributed by atoms with Crippen molar-refractivity contribution in [3.63, 3.8) is 0 Å². The summed E-state index contributed by atoms with van der Waals surface area (Å²) in [4.78, 5) is 30.9. The molecular formula is C16H20N4O2. The summed E-state index contributed by atoms with van der Waals surface area (Å²) in [7, 11) is 0. The molecule has 0 bridgehead atoms. The monoisotopic (exact) mass is 300 g/mol. The SMILES string of the molecule is CC(C)C[C@@H](NC(=O)c1cccc(-c2ncc[nH]2)c1)C(N)=O. The molecule has 2 amide bonds. The van der Waals surface area contributed by atoms with Gasteiger partial charge in [0, 0.05) is 23.5 Å². The lowest BCUT2D eigenvalue weighted by Gasteiger charge is -2.17. The van der Waals surface area contributed by atoms with E-state index >= 15 is 0 Å². The molecule has 1 aromatic carbocycles. The van der Waals surface area contributed by atoms with Gasteiger partial charge in [-0.15, -0.1) is 0 Å². The lowest BCUT2D eigenvalue weighted by molar-refractivity contribution is -0.120. The van der Waals surface area contributed by atoms with E-state index in [-0.39, 0.29) is 11.8 Å². The summed E-state index contributed by atoms with van der Waals surface area (Å²) in [6, 6.07) is 6.38. The molecule has 0 aliphatic carbocycles. The Morgan fingerprint density at radius 2 is 2.14 bits per heavy atom. The van der Waals surface area contributed by atoms with E-state index in [0.717, 1.165) is 5.56 Å². The molecule has 4 N–H and O–H groups in total. The van der Waals surface area contributed by atoms with E-state index in [0.29, 0.717) is 17.8 Å². The standard InChI is InChI=1S/C16H20N4O2/c1-10(2)8-13(14(17)21)20-16(22)12-5-3-4-11(9-12)15-18-6-7-19-15/h3-7,9-10,13H,8H2,1-2H3,(H2,17,21)(H,18,19)(H,20,22)/t13-/m1/s1. The Morgan fingerprint density at radius 1 is 1.36 bits per heavy atom. The van der Waals surface area contributed by atoms with Gasteiger partial charge in [-0.1, -0.05) is 26.0 Å². The normalized spacial score (nSPS) is 12.1. The minimum Gasteiger partial charge on any atom is -0.368 e. The Bertz CT molecular complexity index is 650. The van der Waals surface area contributed by atoms with Crippen LogP contribution in [0.5, 0.6) is 0 Å². The summed E-state index contributed by atoms with van der Waals surface area (Å²) >= 11 is 0. The van der Waals surface area contributed by atoms with Gasteiger partial charge in [-0.2, -0.15) is 0 Å². The molecule has 6 nitrogen and oxygen atoms in total. The Morgan fingerprint density at radius 3 is 2.73 bits per heavy atom. The molecule has 116 valence electrons. The quantitative estimate of drug-likeness (QED) is 0.757. The molecule has 0 saturated carbocycles. The molecule has 0 spiro atoms. The van der Waals surface area contributed by atoms with Gasteiger partial charge >= 0.3 is 0 Å². The zero-order valence-electron chi connectivity index (χ0n) is 12.7. The Balaban J connectivity index is 2.15. The molecule has 1 aromatic heterocycles. The van der Waals surface area contributed by atoms with Crippen LogP contribution in [0.3, 0.4) is 0 Å². The van der Waals surface area contributed by atoms with Crippen molar-refractivity contribution < 1.29 is 9.59 Å². The summed E-state index contributed by atoms with van der Waals surface area (Å²) in [6.45, 7) is 3.94. The number of H-pyrrole nitrogens is 1. The highest BCUT2D eigenvalue weighted by Crippen LogP contribution is 2.16. The number of aromatic amines is 1. The number of carbonyl (C=O) groups is 2. The third-order valence-electron chi connectivity index (χ3n) is 3.25. The number of aromatic nitrogens is 2. The minimum absolute atomic E-state index is 0.257. The summed E-state index contributed by atoms with van der Waals surface area (Å²) < 4.78 is 0. The van der Waals surface area contributed by atoms with Crippen LogP contribution < -0.4 is 11.1 Å². The Labute approximate surface area is 129 Å². The molecule has 2 aromatic rings. The number of carbonyl (C=O) groups excluding carboxylic acids is 2. The van der Waals surface area contributed by atoms with Gasteiger partial charge in [0.05, 0.1) is 0 Å². The Kier molecular flexibility index (Phi) is 4.93. The van der Waals surface area contributed by atoms with Crippen LogP contribution in [0.2, 0.25) is 0 Å². The second-order valence-corrected chi connectivity index (χ2v) is 5.58. The van der Waals surface area contributed by atoms with Gasteiger partial charge in [0.15, 0.2) is 0 Å². The van der Waals surface area contributed by atoms with Crippen molar-refractivity contribution in [1.82, 2.24) is 15.3 Å². The molecule has 6 heteroatoms. The molecule has 0 aliphatic rings. The second kappa shape index (κ2) is 6.89. The van der Waals surface area contributed by atoms with E-state index in [4.69, 9.17) is 5.73 Å². The maximum absolute atomic E-state index is 12.3. The van der Waals surface area contributed by atoms with Crippen LogP contribution in [0.1, 0.15) is 30.6 Å². The van der Waals surface area contributed by atoms with Crippen molar-refractivity contribution >= 4 is 11.8 Å². The fourth-order valence-corrected chi connectivity index (χ4v) is 2.19. The van der Waals surface area contributed by atoms with Crippen LogP contribution in [0, 0.1) is 5.92 Å². The average Bonchev–Trinajstić information content (AvgIpc) is 3.00. The lowest BCUT2D eigenvalue weighted by atomic mass is 10.0. The van der Waals surface area contributed by atoms with Crippen LogP contribution in [0.25, 0.3) is 11.4 Å². The molecule has 0 radical (unpaired) electrons. The van der Waals surface area contributed by atoms with Gasteiger partial charge in [-0.3, -0.25) is 9.59 Å². The van der Waals surface area contributed by atoms with Gasteiger partial charge < -0.3 is 16.0 Å². The maximum Gasteiger partial charge on any atom is 0.251 e. The summed E-state index contributed by atoms with van der Waals surface area (Å²) in [6.07, 6.45) is 3.88. The number of nitrogens with two attached hydrogens (primary N) is 1. The zero-order chi connectivity index (χ0) is 16.1. The number of nitrogens with zero attached hydrogens (tertiary/aromatic N) is 1. The number of rotatable bonds is 6. The van der Waals surface area contributed by atoms with E-state index in [1.54, 1.807) is 30.6 Å². The number of primary amides is 1. The first-order chi connectivity index (χ1) is 10.5. The third kappa shape index (κ3) is 3.94. The summed E-state index contributed by atoms with van der Waals surface area (Å²) in [5.74, 6) is 0.0950. The van der Waals surface area contributed by atoms with Crippen molar-refractivity contribution in [2.45, 2.75) is 26.3 Å². The largest absolute Gasteiger partial charge is 0.368 e. The number of benzene rings is 1. The van der Waals surface area contributed by atoms with Crippen molar-refractivity contribution in [2.24, 2.45) is 11.7 Å². The van der Waals surface area contributed by atoms with Gasteiger partial charge in [0.25, 0.3) is 5.91 Å². The molecule has 22 heavy (non-hydrogen) atoms. The van der Waals surface area contributed by atoms with Gasteiger partial charge in [0.1, 0.15) is 11.9 Å². The molecule has 2 rings (SSSR count). The highest BCUT2D eigenvalue weighted by atomic mass is 16.2. The van der Waals surface area contributed by atoms with E-state index in [1.807, 2.05) is 19.9 Å². The zero-order valence-corrected chi connectivity index (χ0v) is 12.7. The molecule has 0 aliphatic heterocycles. The summed E-state index contributed by atoms with van der Waals surface area (Å²) in [5.41, 5.74) is 6.61. The second-order valence-electron chi connectivity index (χ2n) is 5.58. The van der Waals surface area contributed by atoms with Crippen molar-refractivity contribution in [3.8, 4) is 11.4 Å². The lowest BCUT2D eigenvalue weighted by Crippen LogP contribution is -2.45. The first-order valence-corrected chi connectivity index (χ1v) is 7.17. The fourth-order valence-electron chi connectivity index (χ4n) is 2.19. The van der Waals surface area contributed by atoms with E-state index in [2.05, 4.69) is 15.3 Å². The number of imidazole rings is 1. The number of hydrogen-bond donors (Lipinski definition) is 3. The van der Waals surface area contributed by atoms with Crippen LogP contribution >= 0.6 is 0 Å². The maximum atomic E-state index is 12.3. The molecule has 1 heterocycles. The van der Waals surface area contributed by atoms with Crippen molar-refractivity contribution in [1.29, 1.82) is 0 Å². The van der Waals surface area contributed by atoms with E-state index in [1.165, 1.54) is 0 Å². The van der Waals surface area contributed by atoms with Gasteiger partial charge in [-0.25, -0.2) is 4.98 Å². The number of nitrogens with one attached hydrogen (secondary N) is 2. The number of hydrogen-bond acceptors (Lipinski definition) is 3. The molecule has 0 saturated heterocycles. The fraction of sp³-hybridized carbons (Fsp3) is 0.312. The topological polar surface area (TPSA) is 101 Å².